The zero-order valence-electron chi connectivity index (χ0n) is 12.2. The Labute approximate surface area is 126 Å². The van der Waals surface area contributed by atoms with Crippen molar-refractivity contribution in [3.05, 3.63) is 63.7 Å². The highest BCUT2D eigenvalue weighted by molar-refractivity contribution is 6.31. The van der Waals surface area contributed by atoms with Crippen molar-refractivity contribution in [3.63, 3.8) is 0 Å². The van der Waals surface area contributed by atoms with Crippen molar-refractivity contribution in [1.29, 1.82) is 0 Å². The van der Waals surface area contributed by atoms with Gasteiger partial charge in [0, 0.05) is 17.3 Å². The number of halogens is 1. The third-order valence-electron chi connectivity index (χ3n) is 3.64. The Hall–Kier alpha value is -1.51. The van der Waals surface area contributed by atoms with Gasteiger partial charge in [-0.05, 0) is 55.2 Å². The smallest absolute Gasteiger partial charge is 0.0641 e. The van der Waals surface area contributed by atoms with Crippen LogP contribution in [0.15, 0.2) is 36.4 Å². The minimum absolute atomic E-state index is 0.0926. The van der Waals surface area contributed by atoms with Crippen LogP contribution in [0.4, 0.5) is 5.69 Å². The molecule has 0 spiro atoms. The normalized spacial score (nSPS) is 12.2. The molecule has 0 fully saturated rings. The predicted octanol–water partition coefficient (Wildman–Crippen LogP) is 4.38. The average Bonchev–Trinajstić information content (AvgIpc) is 2.41. The van der Waals surface area contributed by atoms with Crippen molar-refractivity contribution < 1.29 is 0 Å². The number of nitrogens with one attached hydrogen (secondary N) is 1. The van der Waals surface area contributed by atoms with E-state index < -0.39 is 0 Å². The van der Waals surface area contributed by atoms with E-state index in [4.69, 9.17) is 17.3 Å². The number of benzene rings is 2. The van der Waals surface area contributed by atoms with Gasteiger partial charge in [0.15, 0.2) is 0 Å². The monoisotopic (exact) mass is 288 g/mol. The molecule has 0 aromatic heterocycles. The molecule has 0 saturated heterocycles. The van der Waals surface area contributed by atoms with Crippen molar-refractivity contribution in [3.8, 4) is 0 Å². The van der Waals surface area contributed by atoms with E-state index in [1.165, 1.54) is 16.7 Å². The van der Waals surface area contributed by atoms with Crippen molar-refractivity contribution >= 4 is 17.3 Å². The van der Waals surface area contributed by atoms with Crippen LogP contribution in [0, 0.1) is 20.8 Å². The topological polar surface area (TPSA) is 38.0 Å². The number of nitrogens with two attached hydrogens (primary N) is 1. The summed E-state index contributed by atoms with van der Waals surface area (Å²) in [5.74, 6) is 0. The molecule has 0 amide bonds. The summed E-state index contributed by atoms with van der Waals surface area (Å²) in [5.41, 5.74) is 11.8. The Morgan fingerprint density at radius 3 is 2.25 bits per heavy atom. The fourth-order valence-electron chi connectivity index (χ4n) is 2.51. The second-order valence-electron chi connectivity index (χ2n) is 5.20. The highest BCUT2D eigenvalue weighted by Crippen LogP contribution is 2.27. The Kier molecular flexibility index (Phi) is 4.69. The van der Waals surface area contributed by atoms with Gasteiger partial charge in [-0.15, -0.1) is 0 Å². The molecule has 106 valence electrons. The van der Waals surface area contributed by atoms with Crippen molar-refractivity contribution in [2.24, 2.45) is 5.73 Å². The summed E-state index contributed by atoms with van der Waals surface area (Å²) in [5, 5.41) is 4.26. The second-order valence-corrected chi connectivity index (χ2v) is 5.61. The first-order valence-corrected chi connectivity index (χ1v) is 7.19. The first-order valence-electron chi connectivity index (χ1n) is 6.81. The van der Waals surface area contributed by atoms with E-state index in [9.17, 15) is 0 Å². The van der Waals surface area contributed by atoms with Crippen LogP contribution in [0.3, 0.4) is 0 Å². The summed E-state index contributed by atoms with van der Waals surface area (Å²) in [6.07, 6.45) is 0. The molecule has 0 heterocycles. The van der Waals surface area contributed by atoms with Crippen LogP contribution in [0.25, 0.3) is 0 Å². The van der Waals surface area contributed by atoms with Gasteiger partial charge in [0.1, 0.15) is 0 Å². The van der Waals surface area contributed by atoms with Gasteiger partial charge in [0.05, 0.1) is 6.04 Å². The van der Waals surface area contributed by atoms with Crippen LogP contribution < -0.4 is 11.1 Å². The Balaban J connectivity index is 2.31. The van der Waals surface area contributed by atoms with Gasteiger partial charge in [-0.2, -0.15) is 0 Å². The lowest BCUT2D eigenvalue weighted by Gasteiger charge is -2.23. The summed E-state index contributed by atoms with van der Waals surface area (Å²) in [4.78, 5) is 0. The summed E-state index contributed by atoms with van der Waals surface area (Å²) >= 11 is 6.18. The lowest BCUT2D eigenvalue weighted by atomic mass is 9.96. The first kappa shape index (κ1) is 14.9. The molecule has 0 aliphatic carbocycles. The third kappa shape index (κ3) is 3.14. The maximum atomic E-state index is 6.18. The molecule has 2 rings (SSSR count). The molecule has 1 unspecified atom stereocenters. The summed E-state index contributed by atoms with van der Waals surface area (Å²) in [7, 11) is 0. The second kappa shape index (κ2) is 6.29. The number of anilines is 1. The molecular weight excluding hydrogens is 268 g/mol. The van der Waals surface area contributed by atoms with Crippen molar-refractivity contribution in [2.75, 3.05) is 11.9 Å². The largest absolute Gasteiger partial charge is 0.377 e. The van der Waals surface area contributed by atoms with Gasteiger partial charge in [-0.1, -0.05) is 35.9 Å². The quantitative estimate of drug-likeness (QED) is 0.876. The molecule has 3 heteroatoms. The van der Waals surface area contributed by atoms with Gasteiger partial charge in [0.2, 0.25) is 0 Å². The number of hydrogen-bond donors (Lipinski definition) is 2. The first-order chi connectivity index (χ1) is 9.52. The van der Waals surface area contributed by atoms with Crippen molar-refractivity contribution in [2.45, 2.75) is 26.8 Å². The van der Waals surface area contributed by atoms with Gasteiger partial charge in [-0.3, -0.25) is 0 Å². The fourth-order valence-corrected chi connectivity index (χ4v) is 2.69. The van der Waals surface area contributed by atoms with Crippen LogP contribution >= 0.6 is 11.6 Å². The molecule has 2 aromatic rings. The summed E-state index contributed by atoms with van der Waals surface area (Å²) in [6, 6.07) is 12.4. The number of aryl methyl sites for hydroxylation is 3. The minimum Gasteiger partial charge on any atom is -0.377 e. The maximum absolute atomic E-state index is 6.18. The lowest BCUT2D eigenvalue weighted by Crippen LogP contribution is -2.22. The third-order valence-corrected chi connectivity index (χ3v) is 4.05. The van der Waals surface area contributed by atoms with Crippen LogP contribution in [0.1, 0.15) is 28.3 Å². The maximum Gasteiger partial charge on any atom is 0.0641 e. The lowest BCUT2D eigenvalue weighted by molar-refractivity contribution is 0.777. The predicted molar refractivity (Wildman–Crippen MR) is 87.5 cm³/mol. The summed E-state index contributed by atoms with van der Waals surface area (Å²) < 4.78 is 0. The van der Waals surface area contributed by atoms with E-state index in [2.05, 4.69) is 37.4 Å². The van der Waals surface area contributed by atoms with E-state index in [0.29, 0.717) is 6.54 Å². The van der Waals surface area contributed by atoms with Crippen LogP contribution in [0.5, 0.6) is 0 Å². The van der Waals surface area contributed by atoms with E-state index in [1.54, 1.807) is 0 Å². The van der Waals surface area contributed by atoms with Crippen molar-refractivity contribution in [1.82, 2.24) is 0 Å². The Morgan fingerprint density at radius 2 is 1.70 bits per heavy atom. The SMILES string of the molecule is Cc1ccc(NC(CN)c2c(C)cccc2C)cc1Cl. The van der Waals surface area contributed by atoms with Gasteiger partial charge in [0.25, 0.3) is 0 Å². The minimum atomic E-state index is 0.0926. The standard InChI is InChI=1S/C17H21ClN2/c1-11-7-8-14(9-15(11)18)20-16(10-19)17-12(2)5-4-6-13(17)3/h4-9,16,20H,10,19H2,1-3H3. The molecule has 3 N–H and O–H groups in total. The van der Waals surface area contributed by atoms with E-state index >= 15 is 0 Å². The molecule has 0 aliphatic heterocycles. The van der Waals surface area contributed by atoms with Gasteiger partial charge < -0.3 is 11.1 Å². The molecular formula is C17H21ClN2. The molecule has 2 nitrogen and oxygen atoms in total. The van der Waals surface area contributed by atoms with E-state index in [-0.39, 0.29) is 6.04 Å². The van der Waals surface area contributed by atoms with Crippen LogP contribution in [-0.4, -0.2) is 6.54 Å². The average molecular weight is 289 g/mol. The molecule has 2 aromatic carbocycles. The molecule has 20 heavy (non-hydrogen) atoms. The van der Waals surface area contributed by atoms with E-state index in [1.807, 2.05) is 25.1 Å². The highest BCUT2D eigenvalue weighted by Gasteiger charge is 2.14. The van der Waals surface area contributed by atoms with Crippen LogP contribution in [0.2, 0.25) is 5.02 Å². The molecule has 0 aliphatic rings. The zero-order valence-corrected chi connectivity index (χ0v) is 13.0. The van der Waals surface area contributed by atoms with Gasteiger partial charge in [-0.25, -0.2) is 0 Å². The molecule has 1 atom stereocenters. The number of hydrogen-bond acceptors (Lipinski definition) is 2. The molecule has 0 saturated carbocycles. The number of rotatable bonds is 4. The molecule has 0 radical (unpaired) electrons. The van der Waals surface area contributed by atoms with E-state index in [0.717, 1.165) is 16.3 Å². The Bertz CT molecular complexity index is 588. The van der Waals surface area contributed by atoms with Gasteiger partial charge >= 0.3 is 0 Å². The molecule has 0 bridgehead atoms. The summed E-state index contributed by atoms with van der Waals surface area (Å²) in [6.45, 7) is 6.78. The zero-order chi connectivity index (χ0) is 14.7. The highest BCUT2D eigenvalue weighted by atomic mass is 35.5. The fraction of sp³-hybridized carbons (Fsp3) is 0.294. The van der Waals surface area contributed by atoms with Crippen LogP contribution in [-0.2, 0) is 0 Å². The Morgan fingerprint density at radius 1 is 1.05 bits per heavy atom.